The maximum atomic E-state index is 11.8. The Balaban J connectivity index is 1.65. The number of benzene rings is 1. The van der Waals surface area contributed by atoms with Crippen LogP contribution in [0.1, 0.15) is 25.8 Å². The van der Waals surface area contributed by atoms with Gasteiger partial charge in [0.25, 0.3) is 0 Å². The highest BCUT2D eigenvalue weighted by molar-refractivity contribution is 5.76. The number of para-hydroxylation sites is 1. The van der Waals surface area contributed by atoms with Crippen molar-refractivity contribution in [1.82, 2.24) is 10.2 Å². The molecule has 0 saturated heterocycles. The van der Waals surface area contributed by atoms with E-state index in [0.29, 0.717) is 13.0 Å². The molecule has 1 aromatic carbocycles. The van der Waals surface area contributed by atoms with Crippen molar-refractivity contribution in [2.75, 3.05) is 26.2 Å². The first-order chi connectivity index (χ1) is 9.74. The SMILES string of the molecule is CCN(CC)C(=O)CCNCC1Cc2ccccc2O1. The molecule has 0 fully saturated rings. The lowest BCUT2D eigenvalue weighted by atomic mass is 10.1. The van der Waals surface area contributed by atoms with Crippen molar-refractivity contribution in [3.8, 4) is 5.75 Å². The summed E-state index contributed by atoms with van der Waals surface area (Å²) in [6, 6.07) is 8.16. The maximum Gasteiger partial charge on any atom is 0.223 e. The van der Waals surface area contributed by atoms with E-state index in [9.17, 15) is 4.79 Å². The Labute approximate surface area is 121 Å². The summed E-state index contributed by atoms with van der Waals surface area (Å²) in [6.45, 7) is 7.11. The Morgan fingerprint density at radius 2 is 2.10 bits per heavy atom. The molecule has 0 saturated carbocycles. The average molecular weight is 276 g/mol. The predicted octanol–water partition coefficient (Wildman–Crippen LogP) is 1.84. The second-order valence-corrected chi connectivity index (χ2v) is 5.07. The van der Waals surface area contributed by atoms with Crippen molar-refractivity contribution in [1.29, 1.82) is 0 Å². The van der Waals surface area contributed by atoms with E-state index >= 15 is 0 Å². The van der Waals surface area contributed by atoms with E-state index in [0.717, 1.165) is 31.8 Å². The van der Waals surface area contributed by atoms with Gasteiger partial charge < -0.3 is 15.0 Å². The van der Waals surface area contributed by atoms with Gasteiger partial charge >= 0.3 is 0 Å². The predicted molar refractivity (Wildman–Crippen MR) is 80.0 cm³/mol. The number of hydrogen-bond acceptors (Lipinski definition) is 3. The number of carbonyl (C=O) groups is 1. The Morgan fingerprint density at radius 3 is 2.80 bits per heavy atom. The molecular weight excluding hydrogens is 252 g/mol. The van der Waals surface area contributed by atoms with Gasteiger partial charge in [-0.3, -0.25) is 4.79 Å². The highest BCUT2D eigenvalue weighted by atomic mass is 16.5. The van der Waals surface area contributed by atoms with Crippen LogP contribution in [-0.4, -0.2) is 43.1 Å². The number of nitrogens with one attached hydrogen (secondary N) is 1. The molecule has 1 aromatic rings. The zero-order valence-corrected chi connectivity index (χ0v) is 12.4. The van der Waals surface area contributed by atoms with Crippen molar-refractivity contribution in [3.05, 3.63) is 29.8 Å². The van der Waals surface area contributed by atoms with Gasteiger partial charge in [-0.25, -0.2) is 0 Å². The van der Waals surface area contributed by atoms with Crippen LogP contribution in [0.3, 0.4) is 0 Å². The quantitative estimate of drug-likeness (QED) is 0.773. The molecule has 0 bridgehead atoms. The van der Waals surface area contributed by atoms with Gasteiger partial charge in [0.2, 0.25) is 5.91 Å². The van der Waals surface area contributed by atoms with Gasteiger partial charge in [0.15, 0.2) is 0 Å². The van der Waals surface area contributed by atoms with Crippen molar-refractivity contribution >= 4 is 5.91 Å². The normalized spacial score (nSPS) is 16.6. The Morgan fingerprint density at radius 1 is 1.35 bits per heavy atom. The fraction of sp³-hybridized carbons (Fsp3) is 0.562. The monoisotopic (exact) mass is 276 g/mol. The van der Waals surface area contributed by atoms with Crippen LogP contribution in [0, 0.1) is 0 Å². The molecule has 0 aromatic heterocycles. The molecule has 1 unspecified atom stereocenters. The van der Waals surface area contributed by atoms with Crippen LogP contribution >= 0.6 is 0 Å². The van der Waals surface area contributed by atoms with Gasteiger partial charge in [0.1, 0.15) is 11.9 Å². The molecule has 2 rings (SSSR count). The van der Waals surface area contributed by atoms with Gasteiger partial charge in [-0.15, -0.1) is 0 Å². The number of nitrogens with zero attached hydrogens (tertiary/aromatic N) is 1. The third kappa shape index (κ3) is 3.73. The molecule has 1 aliphatic rings. The van der Waals surface area contributed by atoms with Gasteiger partial charge in [0.05, 0.1) is 0 Å². The average Bonchev–Trinajstić information content (AvgIpc) is 2.87. The van der Waals surface area contributed by atoms with Crippen LogP contribution < -0.4 is 10.1 Å². The van der Waals surface area contributed by atoms with Gasteiger partial charge in [0, 0.05) is 39.0 Å². The molecule has 4 heteroatoms. The highest BCUT2D eigenvalue weighted by Gasteiger charge is 2.21. The highest BCUT2D eigenvalue weighted by Crippen LogP contribution is 2.27. The summed E-state index contributed by atoms with van der Waals surface area (Å²) in [7, 11) is 0. The number of rotatable bonds is 7. The molecule has 20 heavy (non-hydrogen) atoms. The van der Waals surface area contributed by atoms with E-state index in [1.807, 2.05) is 36.9 Å². The first-order valence-electron chi connectivity index (χ1n) is 7.47. The lowest BCUT2D eigenvalue weighted by molar-refractivity contribution is -0.130. The summed E-state index contributed by atoms with van der Waals surface area (Å²) in [5.74, 6) is 1.22. The summed E-state index contributed by atoms with van der Waals surface area (Å²) in [5.41, 5.74) is 1.28. The smallest absolute Gasteiger partial charge is 0.223 e. The topological polar surface area (TPSA) is 41.6 Å². The second-order valence-electron chi connectivity index (χ2n) is 5.07. The molecular formula is C16H24N2O2. The van der Waals surface area contributed by atoms with Crippen LogP contribution in [0.15, 0.2) is 24.3 Å². The molecule has 110 valence electrons. The third-order valence-electron chi connectivity index (χ3n) is 3.72. The van der Waals surface area contributed by atoms with Gasteiger partial charge in [-0.05, 0) is 25.5 Å². The second kappa shape index (κ2) is 7.29. The molecule has 0 radical (unpaired) electrons. The molecule has 1 heterocycles. The van der Waals surface area contributed by atoms with E-state index < -0.39 is 0 Å². The summed E-state index contributed by atoms with van der Waals surface area (Å²) in [5, 5.41) is 3.32. The number of hydrogen-bond donors (Lipinski definition) is 1. The number of carbonyl (C=O) groups excluding carboxylic acids is 1. The van der Waals surface area contributed by atoms with Gasteiger partial charge in [-0.2, -0.15) is 0 Å². The van der Waals surface area contributed by atoms with Crippen LogP contribution in [0.25, 0.3) is 0 Å². The van der Waals surface area contributed by atoms with E-state index in [-0.39, 0.29) is 12.0 Å². The Kier molecular flexibility index (Phi) is 5.41. The minimum atomic E-state index is 0.191. The number of amides is 1. The van der Waals surface area contributed by atoms with Crippen LogP contribution in [0.2, 0.25) is 0 Å². The minimum Gasteiger partial charge on any atom is -0.488 e. The number of fused-ring (bicyclic) bond motifs is 1. The standard InChI is InChI=1S/C16H24N2O2/c1-3-18(4-2)16(19)9-10-17-12-14-11-13-7-5-6-8-15(13)20-14/h5-8,14,17H,3-4,9-12H2,1-2H3. The third-order valence-corrected chi connectivity index (χ3v) is 3.72. The Hall–Kier alpha value is -1.55. The molecule has 1 amide bonds. The summed E-state index contributed by atoms with van der Waals surface area (Å²) in [6.07, 6.45) is 1.70. The van der Waals surface area contributed by atoms with Crippen molar-refractivity contribution < 1.29 is 9.53 Å². The molecule has 1 N–H and O–H groups in total. The largest absolute Gasteiger partial charge is 0.488 e. The fourth-order valence-corrected chi connectivity index (χ4v) is 2.56. The summed E-state index contributed by atoms with van der Waals surface area (Å²) < 4.78 is 5.85. The van der Waals surface area contributed by atoms with E-state index in [2.05, 4.69) is 11.4 Å². The first-order valence-corrected chi connectivity index (χ1v) is 7.47. The fourth-order valence-electron chi connectivity index (χ4n) is 2.56. The lowest BCUT2D eigenvalue weighted by Crippen LogP contribution is -2.35. The van der Waals surface area contributed by atoms with Crippen LogP contribution in [0.4, 0.5) is 0 Å². The summed E-state index contributed by atoms with van der Waals surface area (Å²) >= 11 is 0. The zero-order chi connectivity index (χ0) is 14.4. The molecule has 0 spiro atoms. The molecule has 1 atom stereocenters. The van der Waals surface area contributed by atoms with Gasteiger partial charge in [-0.1, -0.05) is 18.2 Å². The molecule has 0 aliphatic carbocycles. The Bertz CT molecular complexity index is 419. The van der Waals surface area contributed by atoms with Crippen LogP contribution in [0.5, 0.6) is 5.75 Å². The van der Waals surface area contributed by atoms with E-state index in [4.69, 9.17) is 4.74 Å². The summed E-state index contributed by atoms with van der Waals surface area (Å²) in [4.78, 5) is 13.7. The lowest BCUT2D eigenvalue weighted by Gasteiger charge is -2.19. The maximum absolute atomic E-state index is 11.8. The zero-order valence-electron chi connectivity index (χ0n) is 12.4. The van der Waals surface area contributed by atoms with Crippen molar-refractivity contribution in [2.45, 2.75) is 32.8 Å². The molecule has 4 nitrogen and oxygen atoms in total. The van der Waals surface area contributed by atoms with E-state index in [1.165, 1.54) is 5.56 Å². The first kappa shape index (κ1) is 14.9. The van der Waals surface area contributed by atoms with Crippen molar-refractivity contribution in [2.24, 2.45) is 0 Å². The van der Waals surface area contributed by atoms with E-state index in [1.54, 1.807) is 0 Å². The van der Waals surface area contributed by atoms with Crippen LogP contribution in [-0.2, 0) is 11.2 Å². The number of ether oxygens (including phenoxy) is 1. The minimum absolute atomic E-state index is 0.191. The molecule has 1 aliphatic heterocycles. The van der Waals surface area contributed by atoms with Crippen molar-refractivity contribution in [3.63, 3.8) is 0 Å².